The van der Waals surface area contributed by atoms with E-state index in [2.05, 4.69) is 78.9 Å². The molecule has 0 bridgehead atoms. The number of fused-ring (bicyclic) bond motifs is 4. The van der Waals surface area contributed by atoms with Crippen molar-refractivity contribution in [3.05, 3.63) is 121 Å². The summed E-state index contributed by atoms with van der Waals surface area (Å²) in [4.78, 5) is 5.37. The Hall–Kier alpha value is -4.74. The summed E-state index contributed by atoms with van der Waals surface area (Å²) in [6.45, 7) is 2.04. The molecule has 7 aromatic rings. The van der Waals surface area contributed by atoms with Crippen LogP contribution in [-0.4, -0.2) is 18.0 Å². The average Bonchev–Trinajstić information content (AvgIpc) is 3.38. The van der Waals surface area contributed by atoms with Crippen molar-refractivity contribution >= 4 is 42.4 Å². The van der Waals surface area contributed by atoms with E-state index in [1.165, 1.54) is 21.9 Å². The van der Waals surface area contributed by atoms with Crippen molar-refractivity contribution in [2.24, 2.45) is 0 Å². The first-order chi connectivity index (χ1) is 19.5. The minimum absolute atomic E-state index is 0.321. The zero-order valence-corrected chi connectivity index (χ0v) is 22.6. The maximum atomic E-state index is 13.8. The van der Waals surface area contributed by atoms with Crippen LogP contribution in [0.25, 0.3) is 60.5 Å². The van der Waals surface area contributed by atoms with Gasteiger partial charge in [0.25, 0.3) is 0 Å². The van der Waals surface area contributed by atoms with Crippen LogP contribution in [-0.2, 0) is 16.3 Å². The molecule has 192 valence electrons. The highest BCUT2D eigenvalue weighted by molar-refractivity contribution is 7.92. The normalized spacial score (nSPS) is 13.6. The van der Waals surface area contributed by atoms with Crippen molar-refractivity contribution in [1.29, 1.82) is 0 Å². The van der Waals surface area contributed by atoms with Crippen LogP contribution in [0.1, 0.15) is 12.7 Å². The first-order valence-corrected chi connectivity index (χ1v) is 14.9. The van der Waals surface area contributed by atoms with Crippen molar-refractivity contribution in [3.8, 4) is 27.9 Å². The van der Waals surface area contributed by atoms with Gasteiger partial charge in [-0.2, -0.15) is 0 Å². The third kappa shape index (κ3) is 3.31. The number of benzene rings is 6. The van der Waals surface area contributed by atoms with Crippen LogP contribution in [0.5, 0.6) is 0 Å². The predicted molar refractivity (Wildman–Crippen MR) is 162 cm³/mol. The lowest BCUT2D eigenvalue weighted by Crippen LogP contribution is -2.16. The van der Waals surface area contributed by atoms with E-state index in [0.29, 0.717) is 32.9 Å². The number of sulfone groups is 1. The molecular weight excluding hydrogens is 512 g/mol. The molecule has 0 unspecified atom stereocenters. The molecule has 0 atom stereocenters. The summed E-state index contributed by atoms with van der Waals surface area (Å²) >= 11 is 0. The molecule has 4 nitrogen and oxygen atoms in total. The molecule has 6 aromatic carbocycles. The van der Waals surface area contributed by atoms with Crippen LogP contribution in [0, 0.1) is 0 Å². The van der Waals surface area contributed by atoms with E-state index < -0.39 is 9.84 Å². The Morgan fingerprint density at radius 3 is 1.85 bits per heavy atom. The molecule has 0 radical (unpaired) electrons. The predicted octanol–water partition coefficient (Wildman–Crippen LogP) is 8.37. The molecule has 1 aromatic heterocycles. The molecule has 0 N–H and O–H groups in total. The van der Waals surface area contributed by atoms with E-state index in [1.807, 2.05) is 35.8 Å². The Balaban J connectivity index is 1.23. The third-order valence-electron chi connectivity index (χ3n) is 8.06. The Morgan fingerprint density at radius 1 is 0.600 bits per heavy atom. The number of para-hydroxylation sites is 1. The number of rotatable bonds is 3. The minimum Gasteiger partial charge on any atom is -0.294 e. The summed E-state index contributed by atoms with van der Waals surface area (Å²) in [5.41, 5.74) is 6.26. The van der Waals surface area contributed by atoms with Gasteiger partial charge in [-0.25, -0.2) is 13.4 Å². The Bertz CT molecular complexity index is 2280. The molecule has 0 spiro atoms. The highest BCUT2D eigenvalue weighted by Crippen LogP contribution is 2.41. The van der Waals surface area contributed by atoms with Crippen molar-refractivity contribution in [2.75, 3.05) is 0 Å². The summed E-state index contributed by atoms with van der Waals surface area (Å²) in [5, 5.41) is 4.71. The zero-order valence-electron chi connectivity index (χ0n) is 21.8. The number of aryl methyl sites for hydroxylation is 1. The number of hydrogen-bond donors (Lipinski definition) is 0. The quantitative estimate of drug-likeness (QED) is 0.228. The van der Waals surface area contributed by atoms with Gasteiger partial charge in [0.1, 0.15) is 5.82 Å². The third-order valence-corrected chi connectivity index (χ3v) is 9.88. The smallest absolute Gasteiger partial charge is 0.210 e. The lowest BCUT2D eigenvalue weighted by molar-refractivity contribution is 0.594. The highest BCUT2D eigenvalue weighted by Gasteiger charge is 2.33. The Morgan fingerprint density at radius 2 is 1.18 bits per heavy atom. The van der Waals surface area contributed by atoms with Gasteiger partial charge in [-0.3, -0.25) is 4.57 Å². The molecule has 5 heteroatoms. The second-order valence-electron chi connectivity index (χ2n) is 10.4. The number of aromatic nitrogens is 2. The molecule has 2 heterocycles. The molecular formula is C35H24N2O2S. The summed E-state index contributed by atoms with van der Waals surface area (Å²) in [6, 6.07) is 38.9. The van der Waals surface area contributed by atoms with E-state index >= 15 is 0 Å². The van der Waals surface area contributed by atoms with Crippen LogP contribution in [0.4, 0.5) is 0 Å². The highest BCUT2D eigenvalue weighted by atomic mass is 32.2. The van der Waals surface area contributed by atoms with Crippen LogP contribution in [0.15, 0.2) is 125 Å². The van der Waals surface area contributed by atoms with Crippen molar-refractivity contribution in [1.82, 2.24) is 9.55 Å². The molecule has 0 saturated carbocycles. The lowest BCUT2D eigenvalue weighted by Gasteiger charge is -2.21. The van der Waals surface area contributed by atoms with Gasteiger partial charge in [0.15, 0.2) is 0 Å². The monoisotopic (exact) mass is 536 g/mol. The zero-order chi connectivity index (χ0) is 27.0. The fraction of sp³-hybridized carbons (Fsp3) is 0.0571. The molecule has 1 aliphatic rings. The number of hydrogen-bond acceptors (Lipinski definition) is 3. The molecule has 0 aliphatic carbocycles. The van der Waals surface area contributed by atoms with Crippen molar-refractivity contribution < 1.29 is 8.42 Å². The molecule has 40 heavy (non-hydrogen) atoms. The fourth-order valence-electron chi connectivity index (χ4n) is 6.04. The van der Waals surface area contributed by atoms with Gasteiger partial charge in [-0.05, 0) is 86.3 Å². The molecule has 0 saturated heterocycles. The second kappa shape index (κ2) is 8.38. The first-order valence-electron chi connectivity index (χ1n) is 13.4. The van der Waals surface area contributed by atoms with E-state index in [9.17, 15) is 8.42 Å². The van der Waals surface area contributed by atoms with Gasteiger partial charge >= 0.3 is 0 Å². The fourth-order valence-corrected chi connectivity index (χ4v) is 7.71. The number of imidazole rings is 1. The summed E-state index contributed by atoms with van der Waals surface area (Å²) in [6.07, 6.45) is 0.710. The first kappa shape index (κ1) is 23.2. The standard InChI is InChI=1S/C35H24N2O2S/c1-2-34-36-30-8-5-9-32-35(30)37(34)31-17-16-29(21-33(31)40(32,38)39)28-15-14-26-19-25(12-13-27(26)20-28)24-11-10-22-6-3-4-7-23(22)18-24/h3-21H,2H2,1H3. The molecule has 8 rings (SSSR count). The maximum Gasteiger partial charge on any atom is 0.210 e. The summed E-state index contributed by atoms with van der Waals surface area (Å²) in [5.74, 6) is 0.860. The topological polar surface area (TPSA) is 52.0 Å². The van der Waals surface area contributed by atoms with Crippen molar-refractivity contribution in [3.63, 3.8) is 0 Å². The summed E-state index contributed by atoms with van der Waals surface area (Å²) < 4.78 is 29.6. The van der Waals surface area contributed by atoms with Gasteiger partial charge < -0.3 is 0 Å². The molecule has 0 fully saturated rings. The lowest BCUT2D eigenvalue weighted by atomic mass is 9.96. The minimum atomic E-state index is -3.69. The van der Waals surface area contributed by atoms with E-state index in [-0.39, 0.29) is 0 Å². The molecule has 1 aliphatic heterocycles. The van der Waals surface area contributed by atoms with Gasteiger partial charge in [-0.15, -0.1) is 0 Å². The van der Waals surface area contributed by atoms with E-state index in [0.717, 1.165) is 27.7 Å². The van der Waals surface area contributed by atoms with E-state index in [1.54, 1.807) is 12.1 Å². The Kier molecular flexibility index (Phi) is 4.85. The van der Waals surface area contributed by atoms with Crippen LogP contribution >= 0.6 is 0 Å². The van der Waals surface area contributed by atoms with Gasteiger partial charge in [0.05, 0.1) is 26.5 Å². The Labute approximate surface area is 232 Å². The van der Waals surface area contributed by atoms with Gasteiger partial charge in [0.2, 0.25) is 9.84 Å². The summed E-state index contributed by atoms with van der Waals surface area (Å²) in [7, 11) is -3.69. The average molecular weight is 537 g/mol. The molecule has 0 amide bonds. The van der Waals surface area contributed by atoms with Crippen LogP contribution < -0.4 is 0 Å². The SMILES string of the molecule is CCc1nc2cccc3c2n1-c1ccc(-c2ccc4cc(-c5ccc6ccccc6c5)ccc4c2)cc1S3(=O)=O. The van der Waals surface area contributed by atoms with Gasteiger partial charge in [-0.1, -0.05) is 79.7 Å². The van der Waals surface area contributed by atoms with Crippen LogP contribution in [0.3, 0.4) is 0 Å². The van der Waals surface area contributed by atoms with Gasteiger partial charge in [0, 0.05) is 6.42 Å². The number of nitrogens with zero attached hydrogens (tertiary/aromatic N) is 2. The van der Waals surface area contributed by atoms with Crippen LogP contribution in [0.2, 0.25) is 0 Å². The maximum absolute atomic E-state index is 13.8. The second-order valence-corrected chi connectivity index (χ2v) is 12.3. The largest absolute Gasteiger partial charge is 0.294 e. The van der Waals surface area contributed by atoms with Crippen molar-refractivity contribution in [2.45, 2.75) is 23.1 Å². The van der Waals surface area contributed by atoms with E-state index in [4.69, 9.17) is 4.98 Å².